The molecule has 0 heterocycles. The first kappa shape index (κ1) is 75.3. The fraction of sp³-hybridized carbons (Fsp3) is 0.740. The number of ether oxygens (including phenoxy) is 3. The quantitative estimate of drug-likeness (QED) is 0.0261. The van der Waals surface area contributed by atoms with Crippen LogP contribution in [-0.4, -0.2) is 37.2 Å². The van der Waals surface area contributed by atoms with Crippen molar-refractivity contribution in [2.75, 3.05) is 13.2 Å². The van der Waals surface area contributed by atoms with Crippen molar-refractivity contribution in [3.8, 4) is 0 Å². The van der Waals surface area contributed by atoms with Gasteiger partial charge in [-0.25, -0.2) is 0 Å². The normalized spacial score (nSPS) is 12.7. The maximum Gasteiger partial charge on any atom is 0.306 e. The van der Waals surface area contributed by atoms with Gasteiger partial charge >= 0.3 is 17.9 Å². The molecule has 0 saturated carbocycles. The second-order valence-corrected chi connectivity index (χ2v) is 22.4. The first-order valence-electron chi connectivity index (χ1n) is 33.7. The molecule has 6 nitrogen and oxygen atoms in total. The summed E-state index contributed by atoms with van der Waals surface area (Å²) in [5.41, 5.74) is 0. The maximum absolute atomic E-state index is 12.9. The highest BCUT2D eigenvalue weighted by atomic mass is 16.6. The van der Waals surface area contributed by atoms with Crippen LogP contribution < -0.4 is 0 Å². The molecular formula is C73H126O6. The molecule has 0 spiro atoms. The molecule has 0 bridgehead atoms. The van der Waals surface area contributed by atoms with E-state index in [-0.39, 0.29) is 37.5 Å². The summed E-state index contributed by atoms with van der Waals surface area (Å²) in [7, 11) is 0. The van der Waals surface area contributed by atoms with E-state index < -0.39 is 6.10 Å². The predicted molar refractivity (Wildman–Crippen MR) is 344 cm³/mol. The Morgan fingerprint density at radius 3 is 0.810 bits per heavy atom. The van der Waals surface area contributed by atoms with Crippen molar-refractivity contribution in [1.82, 2.24) is 0 Å². The fourth-order valence-electron chi connectivity index (χ4n) is 9.55. The molecule has 0 aromatic heterocycles. The Labute approximate surface area is 489 Å². The molecule has 0 aliphatic heterocycles. The summed E-state index contributed by atoms with van der Waals surface area (Å²) in [6.45, 7) is 6.51. The van der Waals surface area contributed by atoms with Crippen LogP contribution in [0.4, 0.5) is 0 Å². The Hall–Kier alpha value is -3.67. The van der Waals surface area contributed by atoms with Gasteiger partial charge in [0.2, 0.25) is 0 Å². The lowest BCUT2D eigenvalue weighted by molar-refractivity contribution is -0.167. The number of unbranched alkanes of at least 4 members (excludes halogenated alkanes) is 34. The summed E-state index contributed by atoms with van der Waals surface area (Å²) in [6.07, 6.45) is 90.0. The molecule has 0 rings (SSSR count). The molecule has 6 heteroatoms. The van der Waals surface area contributed by atoms with Crippen molar-refractivity contribution in [3.63, 3.8) is 0 Å². The Bertz CT molecular complexity index is 1540. The molecule has 0 fully saturated rings. The zero-order chi connectivity index (χ0) is 57.1. The number of hydrogen-bond acceptors (Lipinski definition) is 6. The molecule has 0 saturated heterocycles. The number of carbonyl (C=O) groups is 3. The first-order valence-corrected chi connectivity index (χ1v) is 33.7. The van der Waals surface area contributed by atoms with Gasteiger partial charge in [-0.3, -0.25) is 14.4 Å². The molecule has 79 heavy (non-hydrogen) atoms. The van der Waals surface area contributed by atoms with Gasteiger partial charge in [0.25, 0.3) is 0 Å². The van der Waals surface area contributed by atoms with Crippen molar-refractivity contribution < 1.29 is 28.6 Å². The van der Waals surface area contributed by atoms with Crippen LogP contribution in [0.1, 0.15) is 329 Å². The molecule has 0 N–H and O–H groups in total. The van der Waals surface area contributed by atoms with Crippen LogP contribution in [0.3, 0.4) is 0 Å². The van der Waals surface area contributed by atoms with Gasteiger partial charge in [-0.1, -0.05) is 311 Å². The standard InChI is InChI=1S/C73H126O6/c1-4-7-10-13-16-19-22-25-28-31-32-33-34-35-36-37-38-39-40-43-45-48-51-54-57-60-63-66-72(75)78-69-70(79-73(76)67-64-61-58-55-52-49-46-42-30-27-24-21-18-15-12-9-6-3)68-77-71(74)65-62-59-56-53-50-47-44-41-29-26-23-20-17-14-11-8-5-2/h9,12,18,21-22,25,27,30-32,34-35,46,49,55,58,70H,4-8,10-11,13-17,19-20,23-24,26,28-29,33,36-45,47-48,50-54,56-57,59-69H2,1-3H3/b12-9-,21-18-,25-22-,30-27-,32-31-,35-34-,49-46-,58-55-. The largest absolute Gasteiger partial charge is 0.462 e. The minimum absolute atomic E-state index is 0.0977. The van der Waals surface area contributed by atoms with Gasteiger partial charge < -0.3 is 14.2 Å². The third-order valence-electron chi connectivity index (χ3n) is 14.6. The van der Waals surface area contributed by atoms with Crippen molar-refractivity contribution in [3.05, 3.63) is 97.2 Å². The van der Waals surface area contributed by atoms with Crippen LogP contribution in [0.25, 0.3) is 0 Å². The molecule has 0 aliphatic carbocycles. The third-order valence-corrected chi connectivity index (χ3v) is 14.6. The van der Waals surface area contributed by atoms with Gasteiger partial charge in [0.1, 0.15) is 13.2 Å². The van der Waals surface area contributed by atoms with Gasteiger partial charge in [-0.15, -0.1) is 0 Å². The summed E-state index contributed by atoms with van der Waals surface area (Å²) in [6, 6.07) is 0. The average molecular weight is 1100 g/mol. The topological polar surface area (TPSA) is 78.9 Å². The monoisotopic (exact) mass is 1100 g/mol. The number of rotatable bonds is 61. The summed E-state index contributed by atoms with van der Waals surface area (Å²) in [5, 5.41) is 0. The Morgan fingerprint density at radius 2 is 0.506 bits per heavy atom. The van der Waals surface area contributed by atoms with Crippen molar-refractivity contribution in [1.29, 1.82) is 0 Å². The Kier molecular flexibility index (Phi) is 63.7. The molecule has 0 aromatic carbocycles. The number of carbonyl (C=O) groups excluding carboxylic acids is 3. The first-order chi connectivity index (χ1) is 39.0. The van der Waals surface area contributed by atoms with Crippen LogP contribution in [0.15, 0.2) is 97.2 Å². The molecule has 0 aromatic rings. The highest BCUT2D eigenvalue weighted by Crippen LogP contribution is 2.17. The van der Waals surface area contributed by atoms with Gasteiger partial charge in [0, 0.05) is 19.3 Å². The van der Waals surface area contributed by atoms with Crippen molar-refractivity contribution >= 4 is 17.9 Å². The van der Waals surface area contributed by atoms with Gasteiger partial charge in [0.05, 0.1) is 0 Å². The zero-order valence-corrected chi connectivity index (χ0v) is 52.1. The summed E-state index contributed by atoms with van der Waals surface area (Å²) in [4.78, 5) is 38.4. The van der Waals surface area contributed by atoms with E-state index in [0.717, 1.165) is 89.9 Å². The number of hydrogen-bond donors (Lipinski definition) is 0. The van der Waals surface area contributed by atoms with E-state index in [1.54, 1.807) is 0 Å². The zero-order valence-electron chi connectivity index (χ0n) is 52.1. The molecule has 0 aliphatic rings. The van der Waals surface area contributed by atoms with Gasteiger partial charge in [-0.05, 0) is 96.3 Å². The number of esters is 3. The SMILES string of the molecule is CC/C=C\C/C=C\C/C=C\C/C=C\C/C=C\CCCC(=O)OC(COC(=O)CCCCCCCCCCCCCC/C=C\C/C=C\C/C=C\CCCCCCC)COC(=O)CCCCCCCCCCCCCCCCCCC. The van der Waals surface area contributed by atoms with Crippen LogP contribution in [0.2, 0.25) is 0 Å². The lowest BCUT2D eigenvalue weighted by atomic mass is 10.0. The molecular weight excluding hydrogens is 973 g/mol. The van der Waals surface area contributed by atoms with E-state index in [2.05, 4.69) is 118 Å². The van der Waals surface area contributed by atoms with E-state index in [9.17, 15) is 14.4 Å². The van der Waals surface area contributed by atoms with Crippen molar-refractivity contribution in [2.45, 2.75) is 335 Å². The van der Waals surface area contributed by atoms with Gasteiger partial charge in [0.15, 0.2) is 6.10 Å². The average Bonchev–Trinajstić information content (AvgIpc) is 3.45. The fourth-order valence-corrected chi connectivity index (χ4v) is 9.55. The van der Waals surface area contributed by atoms with E-state index >= 15 is 0 Å². The maximum atomic E-state index is 12.9. The highest BCUT2D eigenvalue weighted by Gasteiger charge is 2.19. The Morgan fingerprint density at radius 1 is 0.266 bits per heavy atom. The lowest BCUT2D eigenvalue weighted by Crippen LogP contribution is -2.30. The molecule has 0 amide bonds. The third kappa shape index (κ3) is 65.0. The second-order valence-electron chi connectivity index (χ2n) is 22.4. The summed E-state index contributed by atoms with van der Waals surface area (Å²) in [5.74, 6) is -0.945. The minimum atomic E-state index is -0.809. The smallest absolute Gasteiger partial charge is 0.306 e. The van der Waals surface area contributed by atoms with Crippen LogP contribution in [0, 0.1) is 0 Å². The molecule has 1 unspecified atom stereocenters. The van der Waals surface area contributed by atoms with E-state index in [1.807, 2.05) is 0 Å². The lowest BCUT2D eigenvalue weighted by Gasteiger charge is -2.18. The van der Waals surface area contributed by atoms with Crippen LogP contribution in [0.5, 0.6) is 0 Å². The molecule has 1 atom stereocenters. The van der Waals surface area contributed by atoms with Crippen LogP contribution >= 0.6 is 0 Å². The molecule has 0 radical (unpaired) electrons. The van der Waals surface area contributed by atoms with Gasteiger partial charge in [-0.2, -0.15) is 0 Å². The van der Waals surface area contributed by atoms with E-state index in [1.165, 1.54) is 193 Å². The van der Waals surface area contributed by atoms with E-state index in [0.29, 0.717) is 19.3 Å². The second kappa shape index (κ2) is 66.8. The Balaban J connectivity index is 4.36. The van der Waals surface area contributed by atoms with Crippen molar-refractivity contribution in [2.24, 2.45) is 0 Å². The number of allylic oxidation sites excluding steroid dienone is 16. The minimum Gasteiger partial charge on any atom is -0.462 e. The molecule has 454 valence electrons. The highest BCUT2D eigenvalue weighted by molar-refractivity contribution is 5.71. The van der Waals surface area contributed by atoms with Crippen LogP contribution in [-0.2, 0) is 28.6 Å². The van der Waals surface area contributed by atoms with E-state index in [4.69, 9.17) is 14.2 Å². The predicted octanol–water partition coefficient (Wildman–Crippen LogP) is 23.2. The summed E-state index contributed by atoms with van der Waals surface area (Å²) < 4.78 is 16.9. The summed E-state index contributed by atoms with van der Waals surface area (Å²) >= 11 is 0.